The molecule has 0 bridgehead atoms. The number of hydroxylamine groups is 2. The van der Waals surface area contributed by atoms with Crippen LogP contribution in [0.3, 0.4) is 0 Å². The van der Waals surface area contributed by atoms with Crippen molar-refractivity contribution >= 4 is 5.91 Å². The maximum Gasteiger partial charge on any atom is 0.240 e. The third kappa shape index (κ3) is 3.28. The van der Waals surface area contributed by atoms with Crippen LogP contribution in [0.4, 0.5) is 0 Å². The highest BCUT2D eigenvalue weighted by atomic mass is 16.5. The van der Waals surface area contributed by atoms with Gasteiger partial charge >= 0.3 is 0 Å². The first-order valence-corrected chi connectivity index (χ1v) is 7.82. The standard InChI is InChI=1S/C17H21N3O3/c1-11(19-17(21)15-4-3-9-20(15)22)13-5-7-14(8-6-13)16-12(2)18-10-23-16/h5-8,10-11,15,22H,3-4,9H2,1-2H3,(H,19,21)/t11-,15?/m0/s1. The Hall–Kier alpha value is -2.18. The molecule has 122 valence electrons. The first-order valence-electron chi connectivity index (χ1n) is 7.82. The highest BCUT2D eigenvalue weighted by molar-refractivity contribution is 5.82. The van der Waals surface area contributed by atoms with Gasteiger partial charge in [0.05, 0.1) is 11.7 Å². The van der Waals surface area contributed by atoms with E-state index in [9.17, 15) is 10.0 Å². The van der Waals surface area contributed by atoms with E-state index in [4.69, 9.17) is 4.42 Å². The number of rotatable bonds is 4. The van der Waals surface area contributed by atoms with E-state index in [2.05, 4.69) is 10.3 Å². The lowest BCUT2D eigenvalue weighted by Crippen LogP contribution is -2.42. The maximum absolute atomic E-state index is 12.2. The van der Waals surface area contributed by atoms with E-state index in [1.54, 1.807) is 0 Å². The molecule has 1 aliphatic heterocycles. The zero-order chi connectivity index (χ0) is 16.4. The molecule has 0 saturated carbocycles. The molecule has 0 aliphatic carbocycles. The third-order valence-electron chi connectivity index (χ3n) is 4.30. The lowest BCUT2D eigenvalue weighted by molar-refractivity contribution is -0.146. The molecule has 2 atom stereocenters. The fourth-order valence-electron chi connectivity index (χ4n) is 2.91. The number of aryl methyl sites for hydroxylation is 1. The van der Waals surface area contributed by atoms with Gasteiger partial charge in [0.2, 0.25) is 5.91 Å². The van der Waals surface area contributed by atoms with Crippen molar-refractivity contribution in [3.05, 3.63) is 41.9 Å². The van der Waals surface area contributed by atoms with Crippen LogP contribution in [0.15, 0.2) is 35.1 Å². The Bertz CT molecular complexity index is 681. The molecule has 1 aromatic carbocycles. The number of nitrogens with one attached hydrogen (secondary N) is 1. The van der Waals surface area contributed by atoms with Crippen molar-refractivity contribution < 1.29 is 14.4 Å². The second kappa shape index (κ2) is 6.52. The minimum atomic E-state index is -0.437. The van der Waals surface area contributed by atoms with Gasteiger partial charge in [-0.2, -0.15) is 5.06 Å². The van der Waals surface area contributed by atoms with Crippen LogP contribution in [0.2, 0.25) is 0 Å². The van der Waals surface area contributed by atoms with Crippen molar-refractivity contribution in [3.63, 3.8) is 0 Å². The van der Waals surface area contributed by atoms with Crippen LogP contribution in [-0.2, 0) is 4.79 Å². The average Bonchev–Trinajstić information content (AvgIpc) is 3.15. The largest absolute Gasteiger partial charge is 0.443 e. The highest BCUT2D eigenvalue weighted by Crippen LogP contribution is 2.24. The van der Waals surface area contributed by atoms with Gasteiger partial charge in [0.1, 0.15) is 6.04 Å². The van der Waals surface area contributed by atoms with Crippen LogP contribution in [-0.4, -0.2) is 33.7 Å². The van der Waals surface area contributed by atoms with E-state index in [-0.39, 0.29) is 11.9 Å². The van der Waals surface area contributed by atoms with Crippen LogP contribution in [0.25, 0.3) is 11.3 Å². The minimum Gasteiger partial charge on any atom is -0.443 e. The molecule has 6 heteroatoms. The van der Waals surface area contributed by atoms with E-state index in [1.807, 2.05) is 38.1 Å². The Balaban J connectivity index is 1.67. The number of amides is 1. The summed E-state index contributed by atoms with van der Waals surface area (Å²) in [6.45, 7) is 4.39. The summed E-state index contributed by atoms with van der Waals surface area (Å²) in [6.07, 6.45) is 2.97. The summed E-state index contributed by atoms with van der Waals surface area (Å²) in [7, 11) is 0. The predicted molar refractivity (Wildman–Crippen MR) is 84.7 cm³/mol. The van der Waals surface area contributed by atoms with Crippen molar-refractivity contribution in [3.8, 4) is 11.3 Å². The molecule has 1 saturated heterocycles. The van der Waals surface area contributed by atoms with E-state index in [0.717, 1.165) is 34.1 Å². The van der Waals surface area contributed by atoms with E-state index in [0.29, 0.717) is 13.0 Å². The van der Waals surface area contributed by atoms with Crippen LogP contribution >= 0.6 is 0 Å². The third-order valence-corrected chi connectivity index (χ3v) is 4.30. The quantitative estimate of drug-likeness (QED) is 0.907. The molecular formula is C17H21N3O3. The summed E-state index contributed by atoms with van der Waals surface area (Å²) in [5.41, 5.74) is 2.81. The van der Waals surface area contributed by atoms with Gasteiger partial charge in [-0.15, -0.1) is 0 Å². The van der Waals surface area contributed by atoms with Gasteiger partial charge in [-0.3, -0.25) is 4.79 Å². The number of hydrogen-bond acceptors (Lipinski definition) is 5. The van der Waals surface area contributed by atoms with Crippen molar-refractivity contribution in [2.24, 2.45) is 0 Å². The molecule has 1 unspecified atom stereocenters. The Labute approximate surface area is 135 Å². The zero-order valence-corrected chi connectivity index (χ0v) is 13.3. The Kier molecular flexibility index (Phi) is 4.45. The molecular weight excluding hydrogens is 294 g/mol. The molecule has 1 aliphatic rings. The van der Waals surface area contributed by atoms with Crippen LogP contribution in [0.1, 0.15) is 37.1 Å². The van der Waals surface area contributed by atoms with Gasteiger partial charge in [0, 0.05) is 12.1 Å². The highest BCUT2D eigenvalue weighted by Gasteiger charge is 2.30. The van der Waals surface area contributed by atoms with E-state index < -0.39 is 6.04 Å². The second-order valence-electron chi connectivity index (χ2n) is 5.94. The molecule has 2 heterocycles. The van der Waals surface area contributed by atoms with Crippen molar-refractivity contribution in [1.29, 1.82) is 0 Å². The summed E-state index contributed by atoms with van der Waals surface area (Å²) >= 11 is 0. The Morgan fingerprint density at radius 3 is 2.74 bits per heavy atom. The van der Waals surface area contributed by atoms with Crippen molar-refractivity contribution in [2.45, 2.75) is 38.8 Å². The molecule has 1 amide bonds. The Morgan fingerprint density at radius 2 is 2.17 bits per heavy atom. The van der Waals surface area contributed by atoms with Gasteiger partial charge in [-0.05, 0) is 32.3 Å². The number of hydrogen-bond donors (Lipinski definition) is 2. The van der Waals surface area contributed by atoms with Gasteiger partial charge < -0.3 is 14.9 Å². The molecule has 2 N–H and O–H groups in total. The van der Waals surface area contributed by atoms with Crippen LogP contribution in [0, 0.1) is 6.92 Å². The lowest BCUT2D eigenvalue weighted by Gasteiger charge is -2.21. The Morgan fingerprint density at radius 1 is 1.43 bits per heavy atom. The molecule has 23 heavy (non-hydrogen) atoms. The number of benzene rings is 1. The summed E-state index contributed by atoms with van der Waals surface area (Å²) in [4.78, 5) is 16.3. The fraction of sp³-hybridized carbons (Fsp3) is 0.412. The van der Waals surface area contributed by atoms with Gasteiger partial charge in [-0.25, -0.2) is 4.98 Å². The zero-order valence-electron chi connectivity index (χ0n) is 13.3. The summed E-state index contributed by atoms with van der Waals surface area (Å²) in [6, 6.07) is 7.29. The monoisotopic (exact) mass is 315 g/mol. The summed E-state index contributed by atoms with van der Waals surface area (Å²) in [5.74, 6) is 0.628. The van der Waals surface area contributed by atoms with E-state index in [1.165, 1.54) is 6.39 Å². The summed E-state index contributed by atoms with van der Waals surface area (Å²) in [5, 5.41) is 13.7. The van der Waals surface area contributed by atoms with Crippen LogP contribution in [0.5, 0.6) is 0 Å². The number of carbonyl (C=O) groups is 1. The molecule has 0 spiro atoms. The summed E-state index contributed by atoms with van der Waals surface area (Å²) < 4.78 is 5.38. The topological polar surface area (TPSA) is 78.6 Å². The number of oxazole rings is 1. The minimum absolute atomic E-state index is 0.124. The normalized spacial score (nSPS) is 19.7. The predicted octanol–water partition coefficient (Wildman–Crippen LogP) is 2.68. The van der Waals surface area contributed by atoms with Crippen LogP contribution < -0.4 is 5.32 Å². The van der Waals surface area contributed by atoms with Gasteiger partial charge in [0.15, 0.2) is 12.2 Å². The van der Waals surface area contributed by atoms with Gasteiger partial charge in [-0.1, -0.05) is 24.3 Å². The smallest absolute Gasteiger partial charge is 0.240 e. The van der Waals surface area contributed by atoms with Crippen molar-refractivity contribution in [1.82, 2.24) is 15.4 Å². The lowest BCUT2D eigenvalue weighted by atomic mass is 10.0. The number of aromatic nitrogens is 1. The number of nitrogens with zero attached hydrogens (tertiary/aromatic N) is 2. The molecule has 0 radical (unpaired) electrons. The SMILES string of the molecule is Cc1ncoc1-c1ccc([C@H](C)NC(=O)C2CCCN2O)cc1. The number of carbonyl (C=O) groups excluding carboxylic acids is 1. The second-order valence-corrected chi connectivity index (χ2v) is 5.94. The first-order chi connectivity index (χ1) is 11.1. The molecule has 1 aromatic heterocycles. The molecule has 1 fully saturated rings. The fourth-order valence-corrected chi connectivity index (χ4v) is 2.91. The van der Waals surface area contributed by atoms with Crippen molar-refractivity contribution in [2.75, 3.05) is 6.54 Å². The van der Waals surface area contributed by atoms with E-state index >= 15 is 0 Å². The molecule has 2 aromatic rings. The first kappa shape index (κ1) is 15.7. The average molecular weight is 315 g/mol. The maximum atomic E-state index is 12.2. The molecule has 6 nitrogen and oxygen atoms in total. The van der Waals surface area contributed by atoms with Gasteiger partial charge in [0.25, 0.3) is 0 Å². The molecule has 3 rings (SSSR count).